The molecule has 0 radical (unpaired) electrons. The number of hydrogen-bond acceptors (Lipinski definition) is 3. The van der Waals surface area contributed by atoms with Crippen molar-refractivity contribution in [2.75, 3.05) is 0 Å². The highest BCUT2D eigenvalue weighted by molar-refractivity contribution is 6.08. The van der Waals surface area contributed by atoms with E-state index < -0.39 is 11.7 Å². The molecule has 1 heterocycles. The van der Waals surface area contributed by atoms with E-state index in [1.54, 1.807) is 0 Å². The van der Waals surface area contributed by atoms with Crippen molar-refractivity contribution >= 4 is 17.7 Å². The van der Waals surface area contributed by atoms with E-state index in [0.29, 0.717) is 11.8 Å². The second-order valence-electron chi connectivity index (χ2n) is 7.12. The maximum atomic E-state index is 13.3. The van der Waals surface area contributed by atoms with Crippen LogP contribution in [0.1, 0.15) is 16.8 Å². The van der Waals surface area contributed by atoms with Gasteiger partial charge in [-0.15, -0.1) is 0 Å². The summed E-state index contributed by atoms with van der Waals surface area (Å²) >= 11 is 0. The van der Waals surface area contributed by atoms with E-state index in [1.807, 2.05) is 0 Å². The molecule has 1 N–H and O–H groups in total. The maximum Gasteiger partial charge on any atom is 0.270 e. The van der Waals surface area contributed by atoms with E-state index in [9.17, 15) is 18.8 Å². The summed E-state index contributed by atoms with van der Waals surface area (Å²) in [5, 5.41) is 0.861. The molecule has 2 saturated carbocycles. The Bertz CT molecular complexity index is 784. The van der Waals surface area contributed by atoms with Crippen LogP contribution in [0.3, 0.4) is 0 Å². The average molecular weight is 326 g/mol. The summed E-state index contributed by atoms with van der Waals surface area (Å²) in [7, 11) is 0. The molecule has 1 saturated heterocycles. The van der Waals surface area contributed by atoms with Gasteiger partial charge in [0.15, 0.2) is 0 Å². The zero-order valence-electron chi connectivity index (χ0n) is 12.7. The van der Waals surface area contributed by atoms with E-state index in [4.69, 9.17) is 0 Å². The molecule has 4 aliphatic carbocycles. The van der Waals surface area contributed by atoms with Gasteiger partial charge in [0, 0.05) is 5.56 Å². The van der Waals surface area contributed by atoms with Gasteiger partial charge in [0.1, 0.15) is 5.82 Å². The fourth-order valence-corrected chi connectivity index (χ4v) is 4.86. The molecule has 1 aromatic carbocycles. The molecule has 6 atom stereocenters. The molecule has 122 valence electrons. The first-order valence-electron chi connectivity index (χ1n) is 8.19. The number of nitrogens with zero attached hydrogens (tertiary/aromatic N) is 1. The third-order valence-corrected chi connectivity index (χ3v) is 5.96. The summed E-state index contributed by atoms with van der Waals surface area (Å²) in [5.41, 5.74) is 2.46. The van der Waals surface area contributed by atoms with Crippen LogP contribution in [-0.4, -0.2) is 22.7 Å². The number of imide groups is 1. The number of nitrogens with one attached hydrogen (secondary N) is 1. The molecule has 3 fully saturated rings. The lowest BCUT2D eigenvalue weighted by Gasteiger charge is -2.37. The number of halogens is 1. The van der Waals surface area contributed by atoms with Crippen LogP contribution in [0.2, 0.25) is 0 Å². The molecular weight excluding hydrogens is 311 g/mol. The van der Waals surface area contributed by atoms with Crippen molar-refractivity contribution in [1.82, 2.24) is 10.4 Å². The van der Waals surface area contributed by atoms with Crippen molar-refractivity contribution < 1.29 is 18.8 Å². The van der Waals surface area contributed by atoms with E-state index in [-0.39, 0.29) is 41.0 Å². The van der Waals surface area contributed by atoms with E-state index in [2.05, 4.69) is 17.6 Å². The Kier molecular flexibility index (Phi) is 2.62. The molecule has 5 nitrogen and oxygen atoms in total. The summed E-state index contributed by atoms with van der Waals surface area (Å²) in [6.45, 7) is 0. The normalized spacial score (nSPS) is 38.1. The van der Waals surface area contributed by atoms with Crippen molar-refractivity contribution in [3.63, 3.8) is 0 Å². The number of allylic oxidation sites excluding steroid dienone is 2. The predicted octanol–water partition coefficient (Wildman–Crippen LogP) is 1.52. The van der Waals surface area contributed by atoms with Gasteiger partial charge < -0.3 is 0 Å². The zero-order chi connectivity index (χ0) is 16.6. The van der Waals surface area contributed by atoms with E-state index in [0.717, 1.165) is 17.5 Å². The maximum absolute atomic E-state index is 13.3. The molecular formula is C18H15FN2O3. The first-order valence-corrected chi connectivity index (χ1v) is 8.19. The second-order valence-corrected chi connectivity index (χ2v) is 7.12. The van der Waals surface area contributed by atoms with Crippen molar-refractivity contribution in [3.8, 4) is 0 Å². The molecule has 4 unspecified atom stereocenters. The molecule has 1 aliphatic heterocycles. The molecule has 24 heavy (non-hydrogen) atoms. The number of hydrogen-bond donors (Lipinski definition) is 1. The summed E-state index contributed by atoms with van der Waals surface area (Å²) in [6, 6.07) is 5.16. The minimum Gasteiger partial charge on any atom is -0.272 e. The lowest BCUT2D eigenvalue weighted by Crippen LogP contribution is -2.46. The van der Waals surface area contributed by atoms with Crippen molar-refractivity contribution in [1.29, 1.82) is 0 Å². The highest BCUT2D eigenvalue weighted by Gasteiger charge is 2.67. The fourth-order valence-electron chi connectivity index (χ4n) is 4.86. The first-order chi connectivity index (χ1) is 11.6. The van der Waals surface area contributed by atoms with Crippen LogP contribution < -0.4 is 5.43 Å². The summed E-state index contributed by atoms with van der Waals surface area (Å²) < 4.78 is 13.3. The largest absolute Gasteiger partial charge is 0.272 e. The van der Waals surface area contributed by atoms with Gasteiger partial charge in [0.05, 0.1) is 11.8 Å². The first kappa shape index (κ1) is 13.9. The molecule has 2 bridgehead atoms. The standard InChI is InChI=1S/C18H15FN2O3/c19-9-3-1-2-8(6-9)16(22)20-21-17(23)14-10-4-5-11(13-7-12(10)13)15(14)18(21)24/h1-6,10-15H,7H2,(H,20,22)/t10?,11?,12?,13?,14-,15+. The zero-order valence-corrected chi connectivity index (χ0v) is 12.7. The minimum atomic E-state index is -0.652. The van der Waals surface area contributed by atoms with Crippen LogP contribution in [0, 0.1) is 41.3 Å². The molecule has 5 aliphatic rings. The molecule has 6 rings (SSSR count). The van der Waals surface area contributed by atoms with Gasteiger partial charge >= 0.3 is 0 Å². The Morgan fingerprint density at radius 1 is 1.08 bits per heavy atom. The topological polar surface area (TPSA) is 66.5 Å². The lowest BCUT2D eigenvalue weighted by molar-refractivity contribution is -0.143. The van der Waals surface area contributed by atoms with Gasteiger partial charge in [-0.2, -0.15) is 5.01 Å². The Labute approximate surface area is 137 Å². The van der Waals surface area contributed by atoms with Gasteiger partial charge in [-0.05, 0) is 48.3 Å². The number of benzene rings is 1. The summed E-state index contributed by atoms with van der Waals surface area (Å²) in [5.74, 6) is -1.34. The van der Waals surface area contributed by atoms with Gasteiger partial charge in [-0.1, -0.05) is 18.2 Å². The van der Waals surface area contributed by atoms with Crippen LogP contribution in [0.15, 0.2) is 36.4 Å². The number of amides is 3. The molecule has 1 aromatic rings. The van der Waals surface area contributed by atoms with Crippen LogP contribution in [0.4, 0.5) is 4.39 Å². The number of carbonyl (C=O) groups is 3. The second kappa shape index (κ2) is 4.53. The SMILES string of the molecule is O=C(NN1C(=O)[C@@H]2C3C=CC(C4CC43)[C@@H]2C1=O)c1cccc(F)c1. The molecule has 6 heteroatoms. The van der Waals surface area contributed by atoms with Crippen molar-refractivity contribution in [2.24, 2.45) is 35.5 Å². The quantitative estimate of drug-likeness (QED) is 0.662. The Morgan fingerprint density at radius 3 is 2.29 bits per heavy atom. The Balaban J connectivity index is 1.41. The van der Waals surface area contributed by atoms with Crippen molar-refractivity contribution in [2.45, 2.75) is 6.42 Å². The third-order valence-electron chi connectivity index (χ3n) is 5.96. The van der Waals surface area contributed by atoms with Crippen LogP contribution in [0.5, 0.6) is 0 Å². The highest BCUT2D eigenvalue weighted by Crippen LogP contribution is 2.65. The fraction of sp³-hybridized carbons (Fsp3) is 0.389. The van der Waals surface area contributed by atoms with Gasteiger partial charge in [-0.25, -0.2) is 4.39 Å². The Morgan fingerprint density at radius 2 is 1.71 bits per heavy atom. The average Bonchev–Trinajstić information content (AvgIpc) is 3.36. The number of hydrazine groups is 1. The summed E-state index contributed by atoms with van der Waals surface area (Å²) in [6.07, 6.45) is 5.23. The van der Waals surface area contributed by atoms with E-state index in [1.165, 1.54) is 18.2 Å². The predicted molar refractivity (Wildman–Crippen MR) is 80.4 cm³/mol. The third kappa shape index (κ3) is 1.71. The van der Waals surface area contributed by atoms with Crippen LogP contribution >= 0.6 is 0 Å². The monoisotopic (exact) mass is 326 g/mol. The van der Waals surface area contributed by atoms with Crippen LogP contribution in [0.25, 0.3) is 0 Å². The lowest BCUT2D eigenvalue weighted by atomic mass is 9.63. The van der Waals surface area contributed by atoms with Crippen LogP contribution in [-0.2, 0) is 9.59 Å². The van der Waals surface area contributed by atoms with E-state index >= 15 is 0 Å². The van der Waals surface area contributed by atoms with Crippen molar-refractivity contribution in [3.05, 3.63) is 47.8 Å². The van der Waals surface area contributed by atoms with Gasteiger partial charge in [-0.3, -0.25) is 19.8 Å². The smallest absolute Gasteiger partial charge is 0.270 e. The number of rotatable bonds is 2. The van der Waals surface area contributed by atoms with Gasteiger partial charge in [0.2, 0.25) is 0 Å². The number of carbonyl (C=O) groups excluding carboxylic acids is 3. The summed E-state index contributed by atoms with van der Waals surface area (Å²) in [4.78, 5) is 37.7. The minimum absolute atomic E-state index is 0.0782. The molecule has 0 spiro atoms. The van der Waals surface area contributed by atoms with Gasteiger partial charge in [0.25, 0.3) is 17.7 Å². The Hall–Kier alpha value is -2.50. The highest BCUT2D eigenvalue weighted by atomic mass is 19.1. The molecule has 0 aromatic heterocycles. The molecule has 3 amide bonds.